The summed E-state index contributed by atoms with van der Waals surface area (Å²) in [6.07, 6.45) is -2.43. The minimum atomic E-state index is -4.50. The predicted molar refractivity (Wildman–Crippen MR) is 84.8 cm³/mol. The van der Waals surface area contributed by atoms with Gasteiger partial charge in [-0.15, -0.1) is 0 Å². The SMILES string of the molecule is O=C(NCc1ccc(Cl)cc1C(F)(F)F)N1CC2(CCNCC2)C1. The van der Waals surface area contributed by atoms with Crippen molar-refractivity contribution in [2.75, 3.05) is 26.2 Å². The minimum absolute atomic E-state index is 0.0114. The molecule has 0 unspecified atom stereocenters. The van der Waals surface area contributed by atoms with E-state index < -0.39 is 11.7 Å². The third-order valence-electron chi connectivity index (χ3n) is 4.81. The van der Waals surface area contributed by atoms with Crippen LogP contribution < -0.4 is 10.6 Å². The predicted octanol–water partition coefficient (Wildman–Crippen LogP) is 3.25. The molecule has 2 aliphatic heterocycles. The lowest BCUT2D eigenvalue weighted by atomic mass is 9.72. The zero-order chi connectivity index (χ0) is 17.4. The van der Waals surface area contributed by atoms with Crippen molar-refractivity contribution in [3.63, 3.8) is 0 Å². The largest absolute Gasteiger partial charge is 0.416 e. The molecule has 1 aromatic rings. The van der Waals surface area contributed by atoms with Crippen LogP contribution in [0.5, 0.6) is 0 Å². The van der Waals surface area contributed by atoms with Crippen LogP contribution in [0, 0.1) is 5.41 Å². The molecule has 2 amide bonds. The van der Waals surface area contributed by atoms with Gasteiger partial charge in [-0.1, -0.05) is 17.7 Å². The number of carbonyl (C=O) groups is 1. The fourth-order valence-corrected chi connectivity index (χ4v) is 3.60. The molecule has 132 valence electrons. The smallest absolute Gasteiger partial charge is 0.334 e. The summed E-state index contributed by atoms with van der Waals surface area (Å²) in [5.41, 5.74) is -0.605. The zero-order valence-electron chi connectivity index (χ0n) is 13.0. The van der Waals surface area contributed by atoms with Gasteiger partial charge in [-0.2, -0.15) is 13.2 Å². The van der Waals surface area contributed by atoms with Crippen LogP contribution in [0.1, 0.15) is 24.0 Å². The maximum Gasteiger partial charge on any atom is 0.416 e. The number of benzene rings is 1. The molecule has 2 N–H and O–H groups in total. The van der Waals surface area contributed by atoms with Crippen molar-refractivity contribution < 1.29 is 18.0 Å². The first-order valence-corrected chi connectivity index (χ1v) is 8.26. The molecule has 8 heteroatoms. The number of rotatable bonds is 2. The molecule has 0 bridgehead atoms. The summed E-state index contributed by atoms with van der Waals surface area (Å²) in [6.45, 7) is 3.08. The van der Waals surface area contributed by atoms with Gasteiger partial charge >= 0.3 is 12.2 Å². The molecule has 2 saturated heterocycles. The number of amides is 2. The van der Waals surface area contributed by atoms with Crippen LogP contribution in [-0.4, -0.2) is 37.1 Å². The Morgan fingerprint density at radius 2 is 1.96 bits per heavy atom. The molecule has 3 rings (SSSR count). The normalized spacial score (nSPS) is 19.9. The van der Waals surface area contributed by atoms with Crippen LogP contribution in [0.3, 0.4) is 0 Å². The lowest BCUT2D eigenvalue weighted by Gasteiger charge is -2.52. The van der Waals surface area contributed by atoms with Crippen LogP contribution in [0.25, 0.3) is 0 Å². The Bertz CT molecular complexity index is 621. The van der Waals surface area contributed by atoms with E-state index in [2.05, 4.69) is 10.6 Å². The van der Waals surface area contributed by atoms with Gasteiger partial charge in [0.2, 0.25) is 0 Å². The maximum absolute atomic E-state index is 13.0. The van der Waals surface area contributed by atoms with Gasteiger partial charge in [-0.3, -0.25) is 0 Å². The van der Waals surface area contributed by atoms with Crippen molar-refractivity contribution in [2.45, 2.75) is 25.6 Å². The molecule has 24 heavy (non-hydrogen) atoms. The van der Waals surface area contributed by atoms with Crippen molar-refractivity contribution in [2.24, 2.45) is 5.41 Å². The molecular weight excluding hydrogens is 343 g/mol. The van der Waals surface area contributed by atoms with E-state index in [0.717, 1.165) is 32.0 Å². The van der Waals surface area contributed by atoms with E-state index in [-0.39, 0.29) is 28.6 Å². The molecule has 0 aliphatic carbocycles. The van der Waals surface area contributed by atoms with Crippen molar-refractivity contribution in [1.29, 1.82) is 0 Å². The Morgan fingerprint density at radius 1 is 1.29 bits per heavy atom. The second-order valence-corrected chi connectivity index (χ2v) is 7.00. The van der Waals surface area contributed by atoms with Crippen molar-refractivity contribution in [3.05, 3.63) is 34.3 Å². The Kier molecular flexibility index (Phi) is 4.66. The van der Waals surface area contributed by atoms with Gasteiger partial charge in [-0.25, -0.2) is 4.79 Å². The van der Waals surface area contributed by atoms with Gasteiger partial charge < -0.3 is 15.5 Å². The molecule has 1 spiro atoms. The number of nitrogens with zero attached hydrogens (tertiary/aromatic N) is 1. The van der Waals surface area contributed by atoms with Crippen molar-refractivity contribution in [3.8, 4) is 0 Å². The van der Waals surface area contributed by atoms with Gasteiger partial charge in [0.05, 0.1) is 5.56 Å². The Hall–Kier alpha value is -1.47. The summed E-state index contributed by atoms with van der Waals surface area (Å²) < 4.78 is 39.1. The highest BCUT2D eigenvalue weighted by Crippen LogP contribution is 2.38. The number of carbonyl (C=O) groups excluding carboxylic acids is 1. The van der Waals surface area contributed by atoms with E-state index in [1.807, 2.05) is 0 Å². The first-order valence-electron chi connectivity index (χ1n) is 7.88. The molecule has 0 atom stereocenters. The van der Waals surface area contributed by atoms with Gasteiger partial charge in [-0.05, 0) is 43.6 Å². The molecule has 0 radical (unpaired) electrons. The molecule has 0 saturated carbocycles. The lowest BCUT2D eigenvalue weighted by Crippen LogP contribution is -2.63. The van der Waals surface area contributed by atoms with E-state index in [0.29, 0.717) is 13.1 Å². The summed E-state index contributed by atoms with van der Waals surface area (Å²) in [6, 6.07) is 3.26. The quantitative estimate of drug-likeness (QED) is 0.849. The third kappa shape index (κ3) is 3.62. The highest BCUT2D eigenvalue weighted by atomic mass is 35.5. The van der Waals surface area contributed by atoms with Gasteiger partial charge in [0.25, 0.3) is 0 Å². The molecular formula is C16H19ClF3N3O. The average Bonchev–Trinajstić information content (AvgIpc) is 2.51. The zero-order valence-corrected chi connectivity index (χ0v) is 13.8. The summed E-state index contributed by atoms with van der Waals surface area (Å²) in [4.78, 5) is 13.8. The number of urea groups is 1. The van der Waals surface area contributed by atoms with E-state index in [1.54, 1.807) is 4.90 Å². The van der Waals surface area contributed by atoms with Crippen LogP contribution in [0.2, 0.25) is 5.02 Å². The second-order valence-electron chi connectivity index (χ2n) is 6.56. The minimum Gasteiger partial charge on any atom is -0.334 e. The first kappa shape index (κ1) is 17.4. The number of likely N-dealkylation sites (tertiary alicyclic amines) is 1. The highest BCUT2D eigenvalue weighted by Gasteiger charge is 2.45. The van der Waals surface area contributed by atoms with E-state index >= 15 is 0 Å². The standard InChI is InChI=1S/C16H19ClF3N3O/c17-12-2-1-11(13(7-12)16(18,19)20)8-22-14(24)23-9-15(10-23)3-5-21-6-4-15/h1-2,7,21H,3-6,8-10H2,(H,22,24). The van der Waals surface area contributed by atoms with E-state index in [9.17, 15) is 18.0 Å². The maximum atomic E-state index is 13.0. The fourth-order valence-electron chi connectivity index (χ4n) is 3.43. The second kappa shape index (κ2) is 6.44. The lowest BCUT2D eigenvalue weighted by molar-refractivity contribution is -0.138. The van der Waals surface area contributed by atoms with Crippen LogP contribution in [0.15, 0.2) is 18.2 Å². The number of alkyl halides is 3. The van der Waals surface area contributed by atoms with Crippen LogP contribution in [-0.2, 0) is 12.7 Å². The van der Waals surface area contributed by atoms with Gasteiger partial charge in [0.1, 0.15) is 0 Å². The van der Waals surface area contributed by atoms with Gasteiger partial charge in [0.15, 0.2) is 0 Å². The van der Waals surface area contributed by atoms with E-state index in [4.69, 9.17) is 11.6 Å². The summed E-state index contributed by atoms with van der Waals surface area (Å²) in [5.74, 6) is 0. The monoisotopic (exact) mass is 361 g/mol. The Balaban J connectivity index is 1.58. The van der Waals surface area contributed by atoms with Crippen LogP contribution >= 0.6 is 11.6 Å². The fraction of sp³-hybridized carbons (Fsp3) is 0.562. The third-order valence-corrected chi connectivity index (χ3v) is 5.05. The molecule has 2 aliphatic rings. The van der Waals surface area contributed by atoms with Crippen LogP contribution in [0.4, 0.5) is 18.0 Å². The number of hydrogen-bond acceptors (Lipinski definition) is 2. The molecule has 2 fully saturated rings. The average molecular weight is 362 g/mol. The van der Waals surface area contributed by atoms with Crippen molar-refractivity contribution in [1.82, 2.24) is 15.5 Å². The molecule has 0 aromatic heterocycles. The summed E-state index contributed by atoms with van der Waals surface area (Å²) >= 11 is 5.65. The molecule has 1 aromatic carbocycles. The van der Waals surface area contributed by atoms with E-state index in [1.165, 1.54) is 12.1 Å². The summed E-state index contributed by atoms with van der Waals surface area (Å²) in [7, 11) is 0. The Labute approximate surface area is 143 Å². The van der Waals surface area contributed by atoms with Gasteiger partial charge in [0, 0.05) is 30.1 Å². The van der Waals surface area contributed by atoms with Crippen molar-refractivity contribution >= 4 is 17.6 Å². The number of nitrogens with one attached hydrogen (secondary N) is 2. The molecule has 2 heterocycles. The molecule has 4 nitrogen and oxygen atoms in total. The number of halogens is 4. The summed E-state index contributed by atoms with van der Waals surface area (Å²) in [5, 5.41) is 5.89. The Morgan fingerprint density at radius 3 is 2.58 bits per heavy atom. The first-order chi connectivity index (χ1) is 11.3. The highest BCUT2D eigenvalue weighted by molar-refractivity contribution is 6.30. The topological polar surface area (TPSA) is 44.4 Å². The number of piperidine rings is 1. The number of hydrogen-bond donors (Lipinski definition) is 2.